The molecule has 0 spiro atoms. The number of thiophene rings is 1. The van der Waals surface area contributed by atoms with Crippen LogP contribution in [0.4, 0.5) is 0 Å². The van der Waals surface area contributed by atoms with Crippen LogP contribution in [0, 0.1) is 0 Å². The van der Waals surface area contributed by atoms with Crippen LogP contribution in [-0.2, 0) is 4.81 Å². The van der Waals surface area contributed by atoms with Crippen molar-refractivity contribution in [2.45, 2.75) is 0 Å². The van der Waals surface area contributed by atoms with Crippen LogP contribution in [0.3, 0.4) is 0 Å². The molecule has 0 unspecified atom stereocenters. The number of hydrogen-bond acceptors (Lipinski definition) is 3. The van der Waals surface area contributed by atoms with Crippen molar-refractivity contribution in [3.8, 4) is 0 Å². The first-order valence-electron chi connectivity index (χ1n) is 5.05. The molecular formula is C12H9BO2S. The molecule has 16 heavy (non-hydrogen) atoms. The highest BCUT2D eigenvalue weighted by molar-refractivity contribution is 7.25. The van der Waals surface area contributed by atoms with Gasteiger partial charge in [-0.2, -0.15) is 0 Å². The second-order valence-corrected chi connectivity index (χ2v) is 4.79. The predicted molar refractivity (Wildman–Crippen MR) is 69.8 cm³/mol. The van der Waals surface area contributed by atoms with Gasteiger partial charge in [-0.05, 0) is 23.0 Å². The van der Waals surface area contributed by atoms with Gasteiger partial charge in [-0.15, -0.1) is 11.3 Å². The van der Waals surface area contributed by atoms with Crippen LogP contribution >= 0.6 is 11.3 Å². The van der Waals surface area contributed by atoms with Gasteiger partial charge in [-0.1, -0.05) is 30.3 Å². The lowest BCUT2D eigenvalue weighted by molar-refractivity contribution is -0.135. The van der Waals surface area contributed by atoms with Gasteiger partial charge < -0.3 is 4.81 Å². The molecule has 3 aromatic rings. The maximum absolute atomic E-state index is 8.46. The van der Waals surface area contributed by atoms with E-state index in [1.54, 1.807) is 11.3 Å². The van der Waals surface area contributed by atoms with Gasteiger partial charge in [0.05, 0.1) is 0 Å². The molecule has 0 radical (unpaired) electrons. The molecule has 0 aliphatic rings. The summed E-state index contributed by atoms with van der Waals surface area (Å²) < 4.78 is 2.56. The van der Waals surface area contributed by atoms with Crippen molar-refractivity contribution >= 4 is 44.5 Å². The van der Waals surface area contributed by atoms with E-state index in [0.29, 0.717) is 0 Å². The molecule has 0 fully saturated rings. The van der Waals surface area contributed by atoms with E-state index in [2.05, 4.69) is 35.1 Å². The Kier molecular flexibility index (Phi) is 2.40. The lowest BCUT2D eigenvalue weighted by Gasteiger charge is -1.96. The van der Waals surface area contributed by atoms with E-state index in [-0.39, 0.29) is 7.48 Å². The molecule has 0 atom stereocenters. The van der Waals surface area contributed by atoms with E-state index in [1.165, 1.54) is 20.2 Å². The topological polar surface area (TPSA) is 29.5 Å². The zero-order valence-corrected chi connectivity index (χ0v) is 9.33. The monoisotopic (exact) mass is 228 g/mol. The fraction of sp³-hybridized carbons (Fsp3) is 0. The summed E-state index contributed by atoms with van der Waals surface area (Å²) in [6.07, 6.45) is 0. The van der Waals surface area contributed by atoms with E-state index < -0.39 is 0 Å². The number of rotatable bonds is 2. The van der Waals surface area contributed by atoms with E-state index in [1.807, 2.05) is 12.1 Å². The van der Waals surface area contributed by atoms with Crippen molar-refractivity contribution in [1.82, 2.24) is 0 Å². The second kappa shape index (κ2) is 3.90. The van der Waals surface area contributed by atoms with Gasteiger partial charge in [-0.3, -0.25) is 5.26 Å². The molecule has 3 rings (SSSR count). The van der Waals surface area contributed by atoms with Crippen LogP contribution < -0.4 is 5.46 Å². The van der Waals surface area contributed by atoms with Gasteiger partial charge in [0.15, 0.2) is 0 Å². The third kappa shape index (κ3) is 1.51. The molecule has 0 saturated heterocycles. The zero-order valence-electron chi connectivity index (χ0n) is 8.51. The molecule has 2 nitrogen and oxygen atoms in total. The van der Waals surface area contributed by atoms with Crippen molar-refractivity contribution < 1.29 is 10.1 Å². The normalized spacial score (nSPS) is 11.1. The quantitative estimate of drug-likeness (QED) is 0.415. The highest BCUT2D eigenvalue weighted by Gasteiger charge is 2.05. The fourth-order valence-corrected chi connectivity index (χ4v) is 3.02. The van der Waals surface area contributed by atoms with Crippen molar-refractivity contribution in [2.24, 2.45) is 0 Å². The first-order chi connectivity index (χ1) is 7.88. The Labute approximate surface area is 97.3 Å². The summed E-state index contributed by atoms with van der Waals surface area (Å²) in [5, 5.41) is 11.0. The Morgan fingerprint density at radius 2 is 1.81 bits per heavy atom. The maximum atomic E-state index is 8.46. The Morgan fingerprint density at radius 1 is 1.00 bits per heavy atom. The van der Waals surface area contributed by atoms with Crippen molar-refractivity contribution in [2.75, 3.05) is 0 Å². The third-order valence-electron chi connectivity index (χ3n) is 2.67. The summed E-state index contributed by atoms with van der Waals surface area (Å²) >= 11 is 1.79. The van der Waals surface area contributed by atoms with Crippen LogP contribution in [0.15, 0.2) is 42.5 Å². The van der Waals surface area contributed by atoms with Crippen LogP contribution in [0.2, 0.25) is 0 Å². The summed E-state index contributed by atoms with van der Waals surface area (Å²) in [4.78, 5) is 4.17. The minimum absolute atomic E-state index is 0.236. The second-order valence-electron chi connectivity index (χ2n) is 3.70. The van der Waals surface area contributed by atoms with Crippen LogP contribution in [0.5, 0.6) is 0 Å². The molecule has 2 aromatic carbocycles. The number of hydrogen-bond donors (Lipinski definition) is 1. The summed E-state index contributed by atoms with van der Waals surface area (Å²) in [6, 6.07) is 14.5. The van der Waals surface area contributed by atoms with Gasteiger partial charge in [0.25, 0.3) is 0 Å². The van der Waals surface area contributed by atoms with Crippen molar-refractivity contribution in [1.29, 1.82) is 0 Å². The summed E-state index contributed by atoms with van der Waals surface area (Å²) in [7, 11) is 0.236. The van der Waals surface area contributed by atoms with E-state index >= 15 is 0 Å². The SMILES string of the molecule is OOBc1ccc2sc3ccccc3c2c1. The molecule has 0 aliphatic carbocycles. The van der Waals surface area contributed by atoms with E-state index in [0.717, 1.165) is 5.46 Å². The molecule has 1 N–H and O–H groups in total. The molecule has 4 heteroatoms. The van der Waals surface area contributed by atoms with E-state index in [9.17, 15) is 0 Å². The van der Waals surface area contributed by atoms with Crippen LogP contribution in [0.1, 0.15) is 0 Å². The minimum Gasteiger partial charge on any atom is -0.306 e. The summed E-state index contributed by atoms with van der Waals surface area (Å²) in [6.45, 7) is 0. The highest BCUT2D eigenvalue weighted by atomic mass is 32.1. The average molecular weight is 228 g/mol. The van der Waals surface area contributed by atoms with Crippen molar-refractivity contribution in [3.63, 3.8) is 0 Å². The largest absolute Gasteiger partial charge is 0.355 e. The Balaban J connectivity index is 2.31. The zero-order chi connectivity index (χ0) is 11.0. The molecule has 0 saturated carbocycles. The van der Waals surface area contributed by atoms with Gasteiger partial charge >= 0.3 is 7.48 Å². The fourth-order valence-electron chi connectivity index (χ4n) is 1.94. The lowest BCUT2D eigenvalue weighted by Crippen LogP contribution is -2.15. The highest BCUT2D eigenvalue weighted by Crippen LogP contribution is 2.32. The van der Waals surface area contributed by atoms with Crippen LogP contribution in [0.25, 0.3) is 20.2 Å². The van der Waals surface area contributed by atoms with E-state index in [4.69, 9.17) is 5.26 Å². The Bertz CT molecular complexity index is 648. The predicted octanol–water partition coefficient (Wildman–Crippen LogP) is 2.52. The first-order valence-corrected chi connectivity index (χ1v) is 5.86. The molecular weight excluding hydrogens is 219 g/mol. The average Bonchev–Trinajstić information content (AvgIpc) is 2.68. The van der Waals surface area contributed by atoms with Gasteiger partial charge in [0.1, 0.15) is 0 Å². The molecule has 1 aromatic heterocycles. The smallest absolute Gasteiger partial charge is 0.306 e. The van der Waals surface area contributed by atoms with Crippen molar-refractivity contribution in [3.05, 3.63) is 42.5 Å². The summed E-state index contributed by atoms with van der Waals surface area (Å²) in [5.74, 6) is 0. The molecule has 78 valence electrons. The number of fused-ring (bicyclic) bond motifs is 3. The maximum Gasteiger partial charge on any atom is 0.355 e. The summed E-state index contributed by atoms with van der Waals surface area (Å²) in [5.41, 5.74) is 0.985. The van der Waals surface area contributed by atoms with Crippen LogP contribution in [-0.4, -0.2) is 12.7 Å². The molecule has 0 aliphatic heterocycles. The Hall–Kier alpha value is -1.36. The molecule has 1 heterocycles. The molecule has 0 bridgehead atoms. The molecule has 0 amide bonds. The minimum atomic E-state index is 0.236. The first kappa shape index (κ1) is 9.84. The Morgan fingerprint density at radius 3 is 2.69 bits per heavy atom. The third-order valence-corrected chi connectivity index (χ3v) is 3.82. The standard InChI is InChI=1S/C12H9BO2S/c14-15-13-8-5-6-12-10(7-8)9-3-1-2-4-11(9)16-12/h1-7,13-14H. The van der Waals surface area contributed by atoms with Gasteiger partial charge in [0.2, 0.25) is 0 Å². The number of benzene rings is 2. The van der Waals surface area contributed by atoms with Gasteiger partial charge in [0, 0.05) is 14.8 Å². The van der Waals surface area contributed by atoms with Gasteiger partial charge in [-0.25, -0.2) is 0 Å². The lowest BCUT2D eigenvalue weighted by atomic mass is 9.88.